The van der Waals surface area contributed by atoms with E-state index in [0.717, 1.165) is 11.8 Å². The second-order valence-electron chi connectivity index (χ2n) is 4.75. The monoisotopic (exact) mass is 152 g/mol. The van der Waals surface area contributed by atoms with Crippen LogP contribution < -0.4 is 0 Å². The van der Waals surface area contributed by atoms with Crippen LogP contribution in [0, 0.1) is 23.2 Å². The first kappa shape index (κ1) is 7.33. The molecule has 11 heavy (non-hydrogen) atoms. The molecule has 2 rings (SSSR count). The molecule has 0 aromatic carbocycles. The molecular weight excluding hydrogens is 136 g/mol. The van der Waals surface area contributed by atoms with Gasteiger partial charge >= 0.3 is 0 Å². The molecule has 0 unspecified atom stereocenters. The van der Waals surface area contributed by atoms with Crippen molar-refractivity contribution in [2.45, 2.75) is 33.1 Å². The van der Waals surface area contributed by atoms with Gasteiger partial charge in [-0.05, 0) is 36.5 Å². The van der Waals surface area contributed by atoms with E-state index in [1.807, 2.05) is 0 Å². The molecule has 2 saturated carbocycles. The number of fused-ring (bicyclic) bond motifs is 2. The third-order valence-electron chi connectivity index (χ3n) is 4.04. The van der Waals surface area contributed by atoms with Crippen LogP contribution in [-0.4, -0.2) is 6.29 Å². The normalized spacial score (nSPS) is 46.2. The van der Waals surface area contributed by atoms with E-state index < -0.39 is 0 Å². The fourth-order valence-electron chi connectivity index (χ4n) is 3.18. The summed E-state index contributed by atoms with van der Waals surface area (Å²) < 4.78 is 0. The Labute approximate surface area is 68.2 Å². The number of carbonyl (C=O) groups is 1. The molecule has 1 nitrogen and oxygen atoms in total. The van der Waals surface area contributed by atoms with Crippen molar-refractivity contribution in [2.24, 2.45) is 23.2 Å². The molecule has 62 valence electrons. The summed E-state index contributed by atoms with van der Waals surface area (Å²) in [5.41, 5.74) is 0.310. The highest BCUT2D eigenvalue weighted by atomic mass is 16.1. The highest BCUT2D eigenvalue weighted by Crippen LogP contribution is 2.58. The van der Waals surface area contributed by atoms with Crippen LogP contribution in [0.1, 0.15) is 33.1 Å². The van der Waals surface area contributed by atoms with E-state index in [1.54, 1.807) is 0 Å². The lowest BCUT2D eigenvalue weighted by molar-refractivity contribution is -0.116. The Morgan fingerprint density at radius 3 is 2.45 bits per heavy atom. The van der Waals surface area contributed by atoms with Crippen LogP contribution in [0.2, 0.25) is 0 Å². The minimum absolute atomic E-state index is 0.310. The molecule has 0 amide bonds. The van der Waals surface area contributed by atoms with Crippen LogP contribution in [-0.2, 0) is 4.79 Å². The minimum Gasteiger partial charge on any atom is -0.303 e. The molecule has 0 radical (unpaired) electrons. The molecule has 0 saturated heterocycles. The van der Waals surface area contributed by atoms with Crippen LogP contribution in [0.5, 0.6) is 0 Å². The molecule has 2 aliphatic carbocycles. The van der Waals surface area contributed by atoms with Crippen LogP contribution in [0.4, 0.5) is 0 Å². The summed E-state index contributed by atoms with van der Waals surface area (Å²) in [6.45, 7) is 4.52. The quantitative estimate of drug-likeness (QED) is 0.527. The summed E-state index contributed by atoms with van der Waals surface area (Å²) in [5, 5.41) is 0. The van der Waals surface area contributed by atoms with Gasteiger partial charge in [-0.25, -0.2) is 0 Å². The zero-order valence-corrected chi connectivity index (χ0v) is 7.34. The lowest BCUT2D eigenvalue weighted by Crippen LogP contribution is -2.31. The lowest BCUT2D eigenvalue weighted by Gasteiger charge is -2.34. The predicted octanol–water partition coefficient (Wildman–Crippen LogP) is 2.26. The van der Waals surface area contributed by atoms with Gasteiger partial charge in [-0.1, -0.05) is 13.8 Å². The van der Waals surface area contributed by atoms with E-state index in [1.165, 1.54) is 25.5 Å². The average Bonchev–Trinajstić information content (AvgIpc) is 2.44. The Kier molecular flexibility index (Phi) is 1.39. The third kappa shape index (κ3) is 0.800. The van der Waals surface area contributed by atoms with Gasteiger partial charge in [0.25, 0.3) is 0 Å². The van der Waals surface area contributed by atoms with Crippen molar-refractivity contribution in [3.63, 3.8) is 0 Å². The van der Waals surface area contributed by atoms with Gasteiger partial charge in [0.2, 0.25) is 0 Å². The van der Waals surface area contributed by atoms with Crippen molar-refractivity contribution >= 4 is 6.29 Å². The largest absolute Gasteiger partial charge is 0.303 e. The van der Waals surface area contributed by atoms with Crippen molar-refractivity contribution in [1.82, 2.24) is 0 Å². The van der Waals surface area contributed by atoms with Crippen molar-refractivity contribution < 1.29 is 4.79 Å². The molecule has 3 atom stereocenters. The van der Waals surface area contributed by atoms with Gasteiger partial charge in [0.15, 0.2) is 0 Å². The molecule has 0 aromatic heterocycles. The maximum absolute atomic E-state index is 10.8. The molecular formula is C10H16O. The van der Waals surface area contributed by atoms with Crippen LogP contribution in [0.3, 0.4) is 0 Å². The van der Waals surface area contributed by atoms with Gasteiger partial charge in [0.1, 0.15) is 6.29 Å². The maximum Gasteiger partial charge on any atom is 0.123 e. The number of aldehydes is 1. The summed E-state index contributed by atoms with van der Waals surface area (Å²) in [6, 6.07) is 0. The molecule has 0 aromatic rings. The summed E-state index contributed by atoms with van der Waals surface area (Å²) in [6.07, 6.45) is 5.18. The standard InChI is InChI=1S/C10H16O/c1-10(2)8-4-3-7(5-8)9(10)6-11/h6-9H,3-5H2,1-2H3/t7-,8+,9+/m0/s1. The first-order chi connectivity index (χ1) is 5.16. The summed E-state index contributed by atoms with van der Waals surface area (Å²) in [7, 11) is 0. The number of rotatable bonds is 1. The smallest absolute Gasteiger partial charge is 0.123 e. The Morgan fingerprint density at radius 1 is 1.36 bits per heavy atom. The van der Waals surface area contributed by atoms with Crippen molar-refractivity contribution in [2.75, 3.05) is 0 Å². The van der Waals surface area contributed by atoms with Crippen molar-refractivity contribution in [1.29, 1.82) is 0 Å². The van der Waals surface area contributed by atoms with E-state index >= 15 is 0 Å². The molecule has 2 fully saturated rings. The fraction of sp³-hybridized carbons (Fsp3) is 0.900. The molecule has 0 N–H and O–H groups in total. The van der Waals surface area contributed by atoms with E-state index in [2.05, 4.69) is 13.8 Å². The van der Waals surface area contributed by atoms with E-state index in [0.29, 0.717) is 11.3 Å². The Morgan fingerprint density at radius 2 is 2.09 bits per heavy atom. The van der Waals surface area contributed by atoms with Crippen LogP contribution >= 0.6 is 0 Å². The summed E-state index contributed by atoms with van der Waals surface area (Å²) >= 11 is 0. The average molecular weight is 152 g/mol. The fourth-order valence-corrected chi connectivity index (χ4v) is 3.18. The second-order valence-corrected chi connectivity index (χ2v) is 4.75. The topological polar surface area (TPSA) is 17.1 Å². The second kappa shape index (κ2) is 2.09. The highest BCUT2D eigenvalue weighted by Gasteiger charge is 2.52. The number of hydrogen-bond donors (Lipinski definition) is 0. The molecule has 0 heterocycles. The Balaban J connectivity index is 2.27. The minimum atomic E-state index is 0.310. The predicted molar refractivity (Wildman–Crippen MR) is 44.2 cm³/mol. The number of carbonyl (C=O) groups excluding carboxylic acids is 1. The SMILES string of the molecule is CC1(C)[C@@H]2CC[C@@H](C2)[C@H]1C=O. The number of hydrogen-bond acceptors (Lipinski definition) is 1. The first-order valence-electron chi connectivity index (χ1n) is 4.61. The van der Waals surface area contributed by atoms with Gasteiger partial charge < -0.3 is 4.79 Å². The summed E-state index contributed by atoms with van der Waals surface area (Å²) in [5.74, 6) is 1.93. The lowest BCUT2D eigenvalue weighted by atomic mass is 9.69. The van der Waals surface area contributed by atoms with E-state index in [9.17, 15) is 4.79 Å². The van der Waals surface area contributed by atoms with E-state index in [-0.39, 0.29) is 0 Å². The van der Waals surface area contributed by atoms with Crippen LogP contribution in [0.15, 0.2) is 0 Å². The molecule has 0 aliphatic heterocycles. The highest BCUT2D eigenvalue weighted by molar-refractivity contribution is 5.57. The Bertz CT molecular complexity index is 183. The molecule has 2 aliphatic rings. The molecule has 0 spiro atoms. The van der Waals surface area contributed by atoms with E-state index in [4.69, 9.17) is 0 Å². The van der Waals surface area contributed by atoms with Crippen molar-refractivity contribution in [3.05, 3.63) is 0 Å². The van der Waals surface area contributed by atoms with Gasteiger partial charge in [0, 0.05) is 5.92 Å². The maximum atomic E-state index is 10.8. The van der Waals surface area contributed by atoms with Crippen LogP contribution in [0.25, 0.3) is 0 Å². The van der Waals surface area contributed by atoms with Gasteiger partial charge in [-0.15, -0.1) is 0 Å². The van der Waals surface area contributed by atoms with Gasteiger partial charge in [-0.3, -0.25) is 0 Å². The zero-order chi connectivity index (χ0) is 8.06. The molecule has 1 heteroatoms. The molecule has 2 bridgehead atoms. The summed E-state index contributed by atoms with van der Waals surface area (Å²) in [4.78, 5) is 10.8. The zero-order valence-electron chi connectivity index (χ0n) is 7.34. The van der Waals surface area contributed by atoms with Crippen molar-refractivity contribution in [3.8, 4) is 0 Å². The van der Waals surface area contributed by atoms with Gasteiger partial charge in [-0.2, -0.15) is 0 Å². The van der Waals surface area contributed by atoms with Gasteiger partial charge in [0.05, 0.1) is 0 Å². The third-order valence-corrected chi connectivity index (χ3v) is 4.04. The Hall–Kier alpha value is -0.330. The first-order valence-corrected chi connectivity index (χ1v) is 4.61.